The molecule has 1 aliphatic rings. The largest absolute Gasteiger partial charge is 0.497 e. The summed E-state index contributed by atoms with van der Waals surface area (Å²) >= 11 is 0. The third kappa shape index (κ3) is 3.03. The summed E-state index contributed by atoms with van der Waals surface area (Å²) in [7, 11) is 3.27. The van der Waals surface area contributed by atoms with E-state index >= 15 is 0 Å². The molecule has 0 aromatic heterocycles. The Kier molecular flexibility index (Phi) is 4.09. The van der Waals surface area contributed by atoms with Crippen molar-refractivity contribution in [1.29, 1.82) is 0 Å². The third-order valence-electron chi connectivity index (χ3n) is 2.97. The van der Waals surface area contributed by atoms with E-state index in [1.54, 1.807) is 14.2 Å². The van der Waals surface area contributed by atoms with Crippen LogP contribution in [0.2, 0.25) is 0 Å². The van der Waals surface area contributed by atoms with Crippen LogP contribution in [-0.2, 0) is 0 Å². The second-order valence-electron chi connectivity index (χ2n) is 4.12. The van der Waals surface area contributed by atoms with Crippen LogP contribution in [0.15, 0.2) is 18.2 Å². The molecular formula is C13H19NO3. The SMILES string of the molecule is COc1ccc(OCC2CCCN2)c(OC)c1. The molecule has 1 aromatic carbocycles. The predicted molar refractivity (Wildman–Crippen MR) is 66.1 cm³/mol. The monoisotopic (exact) mass is 237 g/mol. The van der Waals surface area contributed by atoms with E-state index < -0.39 is 0 Å². The standard InChI is InChI=1S/C13H19NO3/c1-15-11-5-6-12(13(8-11)16-2)17-9-10-4-3-7-14-10/h5-6,8,10,14H,3-4,7,9H2,1-2H3. The van der Waals surface area contributed by atoms with Crippen molar-refractivity contribution in [2.75, 3.05) is 27.4 Å². The lowest BCUT2D eigenvalue weighted by molar-refractivity contribution is 0.261. The molecule has 0 aliphatic carbocycles. The summed E-state index contributed by atoms with van der Waals surface area (Å²) in [4.78, 5) is 0. The lowest BCUT2D eigenvalue weighted by Crippen LogP contribution is -2.28. The van der Waals surface area contributed by atoms with E-state index in [9.17, 15) is 0 Å². The molecule has 0 amide bonds. The van der Waals surface area contributed by atoms with Crippen LogP contribution in [0.5, 0.6) is 17.2 Å². The van der Waals surface area contributed by atoms with Crippen LogP contribution in [-0.4, -0.2) is 33.4 Å². The molecule has 0 saturated carbocycles. The zero-order valence-corrected chi connectivity index (χ0v) is 10.4. The van der Waals surface area contributed by atoms with Gasteiger partial charge in [0.15, 0.2) is 11.5 Å². The Morgan fingerprint density at radius 3 is 2.76 bits per heavy atom. The van der Waals surface area contributed by atoms with E-state index in [0.717, 1.165) is 18.0 Å². The molecule has 1 aliphatic heterocycles. The first kappa shape index (κ1) is 12.0. The van der Waals surface area contributed by atoms with Crippen molar-refractivity contribution in [2.24, 2.45) is 0 Å². The Morgan fingerprint density at radius 1 is 1.24 bits per heavy atom. The number of ether oxygens (including phenoxy) is 3. The van der Waals surface area contributed by atoms with Gasteiger partial charge >= 0.3 is 0 Å². The van der Waals surface area contributed by atoms with Gasteiger partial charge in [0.25, 0.3) is 0 Å². The fourth-order valence-electron chi connectivity index (χ4n) is 1.98. The molecule has 4 nitrogen and oxygen atoms in total. The second kappa shape index (κ2) is 5.77. The molecule has 2 rings (SSSR count). The molecule has 1 N–H and O–H groups in total. The zero-order valence-electron chi connectivity index (χ0n) is 10.4. The van der Waals surface area contributed by atoms with Gasteiger partial charge in [0.2, 0.25) is 0 Å². The number of methoxy groups -OCH3 is 2. The maximum absolute atomic E-state index is 5.77. The van der Waals surface area contributed by atoms with Crippen LogP contribution < -0.4 is 19.5 Å². The first-order valence-corrected chi connectivity index (χ1v) is 5.91. The van der Waals surface area contributed by atoms with Gasteiger partial charge in [0, 0.05) is 12.1 Å². The number of rotatable bonds is 5. The van der Waals surface area contributed by atoms with Gasteiger partial charge in [-0.1, -0.05) is 0 Å². The summed E-state index contributed by atoms with van der Waals surface area (Å²) in [6.45, 7) is 1.77. The van der Waals surface area contributed by atoms with Gasteiger partial charge in [0.1, 0.15) is 12.4 Å². The molecule has 94 valence electrons. The van der Waals surface area contributed by atoms with E-state index in [1.807, 2.05) is 18.2 Å². The molecule has 1 aromatic rings. The van der Waals surface area contributed by atoms with Crippen molar-refractivity contribution in [2.45, 2.75) is 18.9 Å². The Hall–Kier alpha value is -1.42. The van der Waals surface area contributed by atoms with Gasteiger partial charge < -0.3 is 19.5 Å². The van der Waals surface area contributed by atoms with Gasteiger partial charge in [0.05, 0.1) is 14.2 Å². The highest BCUT2D eigenvalue weighted by Crippen LogP contribution is 2.31. The molecule has 1 fully saturated rings. The molecule has 1 atom stereocenters. The lowest BCUT2D eigenvalue weighted by atomic mass is 10.2. The maximum Gasteiger partial charge on any atom is 0.164 e. The Labute approximate surface area is 102 Å². The number of benzene rings is 1. The summed E-state index contributed by atoms with van der Waals surface area (Å²) in [6, 6.07) is 6.05. The maximum atomic E-state index is 5.77. The molecule has 0 radical (unpaired) electrons. The van der Waals surface area contributed by atoms with Gasteiger partial charge in [-0.3, -0.25) is 0 Å². The molecule has 1 saturated heterocycles. The van der Waals surface area contributed by atoms with Crippen LogP contribution in [0.4, 0.5) is 0 Å². The average molecular weight is 237 g/mol. The Balaban J connectivity index is 1.98. The van der Waals surface area contributed by atoms with E-state index in [2.05, 4.69) is 5.32 Å². The minimum absolute atomic E-state index is 0.460. The topological polar surface area (TPSA) is 39.7 Å². The van der Waals surface area contributed by atoms with Crippen LogP contribution in [0.25, 0.3) is 0 Å². The molecule has 0 spiro atoms. The van der Waals surface area contributed by atoms with Gasteiger partial charge in [-0.15, -0.1) is 0 Å². The first-order valence-electron chi connectivity index (χ1n) is 5.91. The van der Waals surface area contributed by atoms with Gasteiger partial charge in [-0.25, -0.2) is 0 Å². The van der Waals surface area contributed by atoms with Gasteiger partial charge in [-0.05, 0) is 31.5 Å². The van der Waals surface area contributed by atoms with E-state index in [1.165, 1.54) is 12.8 Å². The van der Waals surface area contributed by atoms with Crippen LogP contribution >= 0.6 is 0 Å². The highest BCUT2D eigenvalue weighted by atomic mass is 16.5. The lowest BCUT2D eigenvalue weighted by Gasteiger charge is -2.15. The Morgan fingerprint density at radius 2 is 2.12 bits per heavy atom. The van der Waals surface area contributed by atoms with E-state index in [-0.39, 0.29) is 0 Å². The number of hydrogen-bond donors (Lipinski definition) is 1. The van der Waals surface area contributed by atoms with Crippen molar-refractivity contribution in [3.63, 3.8) is 0 Å². The number of hydrogen-bond acceptors (Lipinski definition) is 4. The minimum atomic E-state index is 0.460. The van der Waals surface area contributed by atoms with Crippen molar-refractivity contribution >= 4 is 0 Å². The average Bonchev–Trinajstić information content (AvgIpc) is 2.89. The van der Waals surface area contributed by atoms with E-state index in [4.69, 9.17) is 14.2 Å². The van der Waals surface area contributed by atoms with Crippen LogP contribution in [0, 0.1) is 0 Å². The van der Waals surface area contributed by atoms with Crippen molar-refractivity contribution in [3.05, 3.63) is 18.2 Å². The highest BCUT2D eigenvalue weighted by molar-refractivity contribution is 5.45. The minimum Gasteiger partial charge on any atom is -0.497 e. The first-order chi connectivity index (χ1) is 8.33. The zero-order chi connectivity index (χ0) is 12.1. The van der Waals surface area contributed by atoms with Crippen LogP contribution in [0.1, 0.15) is 12.8 Å². The fraction of sp³-hybridized carbons (Fsp3) is 0.538. The summed E-state index contributed by atoms with van der Waals surface area (Å²) in [5.41, 5.74) is 0. The number of nitrogens with one attached hydrogen (secondary N) is 1. The molecular weight excluding hydrogens is 218 g/mol. The summed E-state index contributed by atoms with van der Waals surface area (Å²) in [5, 5.41) is 3.40. The van der Waals surface area contributed by atoms with Crippen molar-refractivity contribution in [3.8, 4) is 17.2 Å². The highest BCUT2D eigenvalue weighted by Gasteiger charge is 2.15. The molecule has 4 heteroatoms. The molecule has 1 unspecified atom stereocenters. The van der Waals surface area contributed by atoms with Gasteiger partial charge in [-0.2, -0.15) is 0 Å². The second-order valence-corrected chi connectivity index (χ2v) is 4.12. The third-order valence-corrected chi connectivity index (χ3v) is 2.97. The van der Waals surface area contributed by atoms with Crippen molar-refractivity contribution < 1.29 is 14.2 Å². The molecule has 0 bridgehead atoms. The fourth-order valence-corrected chi connectivity index (χ4v) is 1.98. The predicted octanol–water partition coefficient (Wildman–Crippen LogP) is 1.83. The smallest absolute Gasteiger partial charge is 0.164 e. The Bertz CT molecular complexity index is 362. The van der Waals surface area contributed by atoms with Crippen molar-refractivity contribution in [1.82, 2.24) is 5.32 Å². The quantitative estimate of drug-likeness (QED) is 0.848. The molecule has 1 heterocycles. The summed E-state index contributed by atoms with van der Waals surface area (Å²) < 4.78 is 16.2. The normalized spacial score (nSPS) is 19.1. The van der Waals surface area contributed by atoms with Crippen LogP contribution in [0.3, 0.4) is 0 Å². The summed E-state index contributed by atoms with van der Waals surface area (Å²) in [5.74, 6) is 2.25. The molecule has 17 heavy (non-hydrogen) atoms. The summed E-state index contributed by atoms with van der Waals surface area (Å²) in [6.07, 6.45) is 2.41. The van der Waals surface area contributed by atoms with E-state index in [0.29, 0.717) is 18.4 Å².